The van der Waals surface area contributed by atoms with E-state index in [4.69, 9.17) is 0 Å². The van der Waals surface area contributed by atoms with Crippen LogP contribution in [0, 0.1) is 5.92 Å². The summed E-state index contributed by atoms with van der Waals surface area (Å²) < 4.78 is 3.61. The summed E-state index contributed by atoms with van der Waals surface area (Å²) in [4.78, 5) is 12.6. The molecule has 0 unspecified atom stereocenters. The average Bonchev–Trinajstić information content (AvgIpc) is 3.20. The van der Waals surface area contributed by atoms with E-state index in [1.54, 1.807) is 10.9 Å². The van der Waals surface area contributed by atoms with Crippen molar-refractivity contribution in [1.82, 2.24) is 24.9 Å². The molecule has 1 aliphatic rings. The molecule has 1 fully saturated rings. The topological polar surface area (TPSA) is 76.8 Å². The highest BCUT2D eigenvalue weighted by atomic mass is 35.5. The summed E-state index contributed by atoms with van der Waals surface area (Å²) in [5.74, 6) is 0.880. The third-order valence-electron chi connectivity index (χ3n) is 4.11. The first-order valence-corrected chi connectivity index (χ1v) is 7.71. The largest absolute Gasteiger partial charge is 0.315 e. The minimum Gasteiger partial charge on any atom is -0.315 e. The maximum Gasteiger partial charge on any atom is 0.230 e. The minimum absolute atomic E-state index is 0. The smallest absolute Gasteiger partial charge is 0.230 e. The maximum atomic E-state index is 12.6. The summed E-state index contributed by atoms with van der Waals surface area (Å²) in [6, 6.07) is 1.84. The Morgan fingerprint density at radius 1 is 1.43 bits per heavy atom. The number of aromatic nitrogens is 4. The normalized spacial score (nSPS) is 20.3. The van der Waals surface area contributed by atoms with Gasteiger partial charge in [-0.25, -0.2) is 4.68 Å². The Bertz CT molecular complexity index is 652. The first kappa shape index (κ1) is 17.5. The predicted molar refractivity (Wildman–Crippen MR) is 90.7 cm³/mol. The van der Waals surface area contributed by atoms with E-state index in [2.05, 4.69) is 27.8 Å². The monoisotopic (exact) mass is 338 g/mol. The van der Waals surface area contributed by atoms with E-state index in [9.17, 15) is 4.79 Å². The summed E-state index contributed by atoms with van der Waals surface area (Å²) in [5, 5.41) is 14.8. The first-order valence-electron chi connectivity index (χ1n) is 7.71. The minimum atomic E-state index is -0.0887. The van der Waals surface area contributed by atoms with Crippen LogP contribution >= 0.6 is 12.4 Å². The van der Waals surface area contributed by atoms with Crippen LogP contribution in [0.2, 0.25) is 0 Å². The van der Waals surface area contributed by atoms with Crippen molar-refractivity contribution in [2.24, 2.45) is 13.0 Å². The zero-order valence-corrected chi connectivity index (χ0v) is 14.2. The predicted octanol–water partition coefficient (Wildman–Crippen LogP) is 1.39. The van der Waals surface area contributed by atoms with E-state index in [-0.39, 0.29) is 30.2 Å². The number of rotatable bonds is 5. The van der Waals surface area contributed by atoms with Crippen molar-refractivity contribution in [3.63, 3.8) is 0 Å². The summed E-state index contributed by atoms with van der Waals surface area (Å²) in [5.41, 5.74) is 1.11. The molecule has 0 aromatic carbocycles. The van der Waals surface area contributed by atoms with Crippen LogP contribution in [-0.2, 0) is 18.4 Å². The molecule has 1 saturated heterocycles. The van der Waals surface area contributed by atoms with Gasteiger partial charge in [0.15, 0.2) is 0 Å². The van der Waals surface area contributed by atoms with Gasteiger partial charge in [0, 0.05) is 44.9 Å². The molecule has 1 amide bonds. The van der Waals surface area contributed by atoms with Crippen LogP contribution in [0.5, 0.6) is 0 Å². The van der Waals surface area contributed by atoms with Gasteiger partial charge in [-0.3, -0.25) is 9.48 Å². The van der Waals surface area contributed by atoms with Crippen LogP contribution in [0.4, 0.5) is 5.82 Å². The number of aryl methyl sites for hydroxylation is 2. The van der Waals surface area contributed by atoms with Crippen LogP contribution in [0.1, 0.15) is 24.8 Å². The lowest BCUT2D eigenvalue weighted by Crippen LogP contribution is -2.29. The molecule has 23 heavy (non-hydrogen) atoms. The first-order chi connectivity index (χ1) is 10.7. The van der Waals surface area contributed by atoms with Gasteiger partial charge in [-0.05, 0) is 12.0 Å². The molecule has 2 aromatic rings. The SMILES string of the molecule is CCCn1nccc1NC(=O)[C@H]1CNC[C@@H]1c1cnn(C)c1.Cl. The number of anilines is 1. The lowest BCUT2D eigenvalue weighted by Gasteiger charge is -2.17. The van der Waals surface area contributed by atoms with Gasteiger partial charge in [-0.1, -0.05) is 6.92 Å². The van der Waals surface area contributed by atoms with Crippen LogP contribution in [0.15, 0.2) is 24.7 Å². The van der Waals surface area contributed by atoms with E-state index in [0.717, 1.165) is 30.9 Å². The number of halogens is 1. The third kappa shape index (κ3) is 3.73. The molecule has 3 rings (SSSR count). The highest BCUT2D eigenvalue weighted by Gasteiger charge is 2.35. The quantitative estimate of drug-likeness (QED) is 0.863. The van der Waals surface area contributed by atoms with E-state index < -0.39 is 0 Å². The summed E-state index contributed by atoms with van der Waals surface area (Å²) in [6.45, 7) is 4.38. The number of nitrogens with one attached hydrogen (secondary N) is 2. The van der Waals surface area contributed by atoms with Crippen molar-refractivity contribution >= 4 is 24.1 Å². The van der Waals surface area contributed by atoms with Crippen LogP contribution in [0.25, 0.3) is 0 Å². The van der Waals surface area contributed by atoms with E-state index in [1.165, 1.54) is 0 Å². The summed E-state index contributed by atoms with van der Waals surface area (Å²) >= 11 is 0. The van der Waals surface area contributed by atoms with Gasteiger partial charge in [-0.15, -0.1) is 12.4 Å². The Balaban J connectivity index is 0.00000192. The van der Waals surface area contributed by atoms with Crippen LogP contribution < -0.4 is 10.6 Å². The van der Waals surface area contributed by atoms with Gasteiger partial charge in [-0.2, -0.15) is 10.2 Å². The van der Waals surface area contributed by atoms with Gasteiger partial charge in [0.05, 0.1) is 18.3 Å². The molecular weight excluding hydrogens is 316 g/mol. The van der Waals surface area contributed by atoms with Crippen molar-refractivity contribution in [3.05, 3.63) is 30.2 Å². The molecule has 3 heterocycles. The number of carbonyl (C=O) groups excluding carboxylic acids is 1. The second-order valence-electron chi connectivity index (χ2n) is 5.75. The Morgan fingerprint density at radius 3 is 2.96 bits per heavy atom. The molecule has 2 N–H and O–H groups in total. The van der Waals surface area contributed by atoms with Gasteiger partial charge in [0.2, 0.25) is 5.91 Å². The van der Waals surface area contributed by atoms with Crippen LogP contribution in [-0.4, -0.2) is 38.6 Å². The molecule has 2 aromatic heterocycles. The molecule has 126 valence electrons. The fourth-order valence-corrected chi connectivity index (χ4v) is 2.98. The fourth-order valence-electron chi connectivity index (χ4n) is 2.98. The van der Waals surface area contributed by atoms with Gasteiger partial charge in [0.1, 0.15) is 5.82 Å². The Kier molecular flexibility index (Phi) is 5.79. The maximum absolute atomic E-state index is 12.6. The highest BCUT2D eigenvalue weighted by molar-refractivity contribution is 5.92. The van der Waals surface area contributed by atoms with Crippen molar-refractivity contribution in [3.8, 4) is 0 Å². The molecular formula is C15H23ClN6O. The molecule has 0 bridgehead atoms. The molecule has 0 aliphatic carbocycles. The molecule has 2 atom stereocenters. The molecule has 7 nitrogen and oxygen atoms in total. The molecule has 1 aliphatic heterocycles. The fraction of sp³-hybridized carbons (Fsp3) is 0.533. The standard InChI is InChI=1S/C15H22N6O.ClH/c1-3-6-21-14(4-5-17-21)19-15(22)13-9-16-8-12(13)11-7-18-20(2)10-11;/h4-5,7,10,12-13,16H,3,6,8-9H2,1-2H3,(H,19,22);1H/t12-,13+;/m1./s1. The van der Waals surface area contributed by atoms with E-state index in [1.807, 2.05) is 30.2 Å². The Morgan fingerprint density at radius 2 is 2.26 bits per heavy atom. The molecule has 0 radical (unpaired) electrons. The number of nitrogens with zero attached hydrogens (tertiary/aromatic N) is 4. The second kappa shape index (κ2) is 7.61. The van der Waals surface area contributed by atoms with E-state index >= 15 is 0 Å². The Hall–Kier alpha value is -1.86. The molecule has 0 spiro atoms. The van der Waals surface area contributed by atoms with Gasteiger partial charge in [0.25, 0.3) is 0 Å². The van der Waals surface area contributed by atoms with E-state index in [0.29, 0.717) is 6.54 Å². The zero-order valence-electron chi connectivity index (χ0n) is 13.4. The van der Waals surface area contributed by atoms with Crippen molar-refractivity contribution in [2.45, 2.75) is 25.8 Å². The lowest BCUT2D eigenvalue weighted by atomic mass is 9.90. The molecule has 8 heteroatoms. The lowest BCUT2D eigenvalue weighted by molar-refractivity contribution is -0.119. The second-order valence-corrected chi connectivity index (χ2v) is 5.75. The summed E-state index contributed by atoms with van der Waals surface area (Å²) in [7, 11) is 1.89. The number of carbonyl (C=O) groups is 1. The van der Waals surface area contributed by atoms with Gasteiger partial charge < -0.3 is 10.6 Å². The number of hydrogen-bond donors (Lipinski definition) is 2. The average molecular weight is 339 g/mol. The zero-order chi connectivity index (χ0) is 15.5. The van der Waals surface area contributed by atoms with Gasteiger partial charge >= 0.3 is 0 Å². The number of amides is 1. The highest BCUT2D eigenvalue weighted by Crippen LogP contribution is 2.28. The van der Waals surface area contributed by atoms with Crippen LogP contribution in [0.3, 0.4) is 0 Å². The van der Waals surface area contributed by atoms with Crippen molar-refractivity contribution in [1.29, 1.82) is 0 Å². The van der Waals surface area contributed by atoms with Crippen molar-refractivity contribution < 1.29 is 4.79 Å². The summed E-state index contributed by atoms with van der Waals surface area (Å²) in [6.07, 6.45) is 6.53. The molecule has 0 saturated carbocycles. The number of hydrogen-bond acceptors (Lipinski definition) is 4. The Labute approximate surface area is 141 Å². The van der Waals surface area contributed by atoms with Crippen molar-refractivity contribution in [2.75, 3.05) is 18.4 Å². The third-order valence-corrected chi connectivity index (χ3v) is 4.11.